The Balaban J connectivity index is 1.29. The Kier molecular flexibility index (Phi) is 6.10. The number of aliphatic hydroxyl groups excluding tert-OH is 1. The Morgan fingerprint density at radius 3 is 2.85 bits per heavy atom. The van der Waals surface area contributed by atoms with Crippen LogP contribution in [0.5, 0.6) is 0 Å². The predicted octanol–water partition coefficient (Wildman–Crippen LogP) is 1.90. The number of nitrogens with zero attached hydrogens (tertiary/aromatic N) is 1. The topological polar surface area (TPSA) is 54.0 Å². The van der Waals surface area contributed by atoms with Gasteiger partial charge in [-0.05, 0) is 61.8 Å². The van der Waals surface area contributed by atoms with E-state index in [4.69, 9.17) is 14.6 Å². The maximum Gasteiger partial charge on any atom is 0.0773 e. The number of nitrogens with one attached hydrogen (secondary N) is 1. The molecule has 3 aliphatic rings. The lowest BCUT2D eigenvalue weighted by Crippen LogP contribution is -2.54. The van der Waals surface area contributed by atoms with Gasteiger partial charge in [0.2, 0.25) is 0 Å². The summed E-state index contributed by atoms with van der Waals surface area (Å²) in [5, 5.41) is 12.8. The van der Waals surface area contributed by atoms with Crippen LogP contribution < -0.4 is 10.2 Å². The third-order valence-corrected chi connectivity index (χ3v) is 6.11. The molecule has 0 saturated carbocycles. The van der Waals surface area contributed by atoms with Crippen LogP contribution in [0.2, 0.25) is 0 Å². The standard InChI is InChI=1S/C21H32N2O3/c24-11-13-26-21-8-12-25-15-20(21)22-18-6-9-23(10-7-18)19-5-4-16-2-1-3-17(16)14-19/h4-5,14,18,20-22,24H,1-3,6-13,15H2/t20-,21+/m1/s1. The monoisotopic (exact) mass is 360 g/mol. The van der Waals surface area contributed by atoms with Gasteiger partial charge in [-0.15, -0.1) is 0 Å². The Bertz CT molecular complexity index is 587. The van der Waals surface area contributed by atoms with E-state index in [1.54, 1.807) is 11.1 Å². The second-order valence-corrected chi connectivity index (χ2v) is 7.84. The summed E-state index contributed by atoms with van der Waals surface area (Å²) in [6.45, 7) is 4.17. The highest BCUT2D eigenvalue weighted by Gasteiger charge is 2.30. The number of hydrogen-bond acceptors (Lipinski definition) is 5. The molecule has 1 aromatic rings. The smallest absolute Gasteiger partial charge is 0.0773 e. The van der Waals surface area contributed by atoms with E-state index in [0.29, 0.717) is 19.3 Å². The lowest BCUT2D eigenvalue weighted by atomic mass is 9.99. The van der Waals surface area contributed by atoms with Crippen molar-refractivity contribution in [1.82, 2.24) is 5.32 Å². The maximum atomic E-state index is 9.02. The molecule has 144 valence electrons. The summed E-state index contributed by atoms with van der Waals surface area (Å²) in [7, 11) is 0. The predicted molar refractivity (Wildman–Crippen MR) is 103 cm³/mol. The maximum absolute atomic E-state index is 9.02. The molecule has 0 amide bonds. The van der Waals surface area contributed by atoms with Crippen LogP contribution in [0.4, 0.5) is 5.69 Å². The Morgan fingerprint density at radius 2 is 2.00 bits per heavy atom. The summed E-state index contributed by atoms with van der Waals surface area (Å²) in [6.07, 6.45) is 7.19. The van der Waals surface area contributed by atoms with Gasteiger partial charge in [0.1, 0.15) is 0 Å². The Morgan fingerprint density at radius 1 is 1.15 bits per heavy atom. The molecule has 2 aliphatic heterocycles. The molecule has 0 aromatic heterocycles. The Labute approximate surface area is 156 Å². The van der Waals surface area contributed by atoms with E-state index in [1.165, 1.54) is 24.9 Å². The van der Waals surface area contributed by atoms with Crippen molar-refractivity contribution in [2.45, 2.75) is 56.7 Å². The van der Waals surface area contributed by atoms with Crippen LogP contribution in [0.3, 0.4) is 0 Å². The minimum absolute atomic E-state index is 0.0866. The molecule has 5 nitrogen and oxygen atoms in total. The molecule has 4 rings (SSSR count). The molecular weight excluding hydrogens is 328 g/mol. The van der Waals surface area contributed by atoms with E-state index in [2.05, 4.69) is 28.4 Å². The van der Waals surface area contributed by atoms with E-state index < -0.39 is 0 Å². The van der Waals surface area contributed by atoms with Gasteiger partial charge in [0.05, 0.1) is 32.0 Å². The number of anilines is 1. The van der Waals surface area contributed by atoms with Gasteiger partial charge in [-0.1, -0.05) is 6.07 Å². The summed E-state index contributed by atoms with van der Waals surface area (Å²) in [4.78, 5) is 2.54. The van der Waals surface area contributed by atoms with Gasteiger partial charge >= 0.3 is 0 Å². The van der Waals surface area contributed by atoms with Gasteiger partial charge in [-0.25, -0.2) is 0 Å². The van der Waals surface area contributed by atoms with Gasteiger partial charge in [0.25, 0.3) is 0 Å². The number of aryl methyl sites for hydroxylation is 2. The summed E-state index contributed by atoms with van der Waals surface area (Å²) < 4.78 is 11.5. The number of benzene rings is 1. The lowest BCUT2D eigenvalue weighted by Gasteiger charge is -2.39. The summed E-state index contributed by atoms with van der Waals surface area (Å²) in [6, 6.07) is 7.83. The van der Waals surface area contributed by atoms with Crippen LogP contribution >= 0.6 is 0 Å². The molecule has 1 aliphatic carbocycles. The van der Waals surface area contributed by atoms with Crippen LogP contribution in [0.15, 0.2) is 18.2 Å². The molecular formula is C21H32N2O3. The number of aliphatic hydroxyl groups is 1. The highest BCUT2D eigenvalue weighted by atomic mass is 16.5. The first-order valence-electron chi connectivity index (χ1n) is 10.3. The fourth-order valence-electron chi connectivity index (χ4n) is 4.64. The van der Waals surface area contributed by atoms with Crippen molar-refractivity contribution in [3.63, 3.8) is 0 Å². The summed E-state index contributed by atoms with van der Waals surface area (Å²) >= 11 is 0. The van der Waals surface area contributed by atoms with Crippen LogP contribution in [-0.2, 0) is 22.3 Å². The second-order valence-electron chi connectivity index (χ2n) is 7.84. The van der Waals surface area contributed by atoms with Crippen LogP contribution in [0, 0.1) is 0 Å². The minimum Gasteiger partial charge on any atom is -0.394 e. The molecule has 26 heavy (non-hydrogen) atoms. The van der Waals surface area contributed by atoms with Crippen molar-refractivity contribution in [1.29, 1.82) is 0 Å². The fraction of sp³-hybridized carbons (Fsp3) is 0.714. The quantitative estimate of drug-likeness (QED) is 0.812. The summed E-state index contributed by atoms with van der Waals surface area (Å²) in [5.74, 6) is 0. The Hall–Kier alpha value is -1.14. The van der Waals surface area contributed by atoms with Gasteiger partial charge in [-0.2, -0.15) is 0 Å². The van der Waals surface area contributed by atoms with E-state index in [1.807, 2.05) is 0 Å². The van der Waals surface area contributed by atoms with Crippen LogP contribution in [0.1, 0.15) is 36.8 Å². The zero-order chi connectivity index (χ0) is 17.8. The van der Waals surface area contributed by atoms with Crippen molar-refractivity contribution in [2.24, 2.45) is 0 Å². The van der Waals surface area contributed by atoms with Crippen molar-refractivity contribution in [2.75, 3.05) is 44.4 Å². The number of ether oxygens (including phenoxy) is 2. The molecule has 0 unspecified atom stereocenters. The van der Waals surface area contributed by atoms with Crippen LogP contribution in [-0.4, -0.2) is 62.8 Å². The van der Waals surface area contributed by atoms with Crippen LogP contribution in [0.25, 0.3) is 0 Å². The van der Waals surface area contributed by atoms with Gasteiger partial charge in [0, 0.05) is 31.4 Å². The highest BCUT2D eigenvalue weighted by Crippen LogP contribution is 2.28. The third kappa shape index (κ3) is 4.22. The number of hydrogen-bond donors (Lipinski definition) is 2. The average molecular weight is 360 g/mol. The van der Waals surface area contributed by atoms with E-state index in [-0.39, 0.29) is 18.8 Å². The SMILES string of the molecule is OCCO[C@H]1CCOC[C@H]1NC1CCN(c2ccc3c(c2)CCC3)CC1. The molecule has 2 N–H and O–H groups in total. The molecule has 0 radical (unpaired) electrons. The van der Waals surface area contributed by atoms with Crippen molar-refractivity contribution < 1.29 is 14.6 Å². The molecule has 0 spiro atoms. The van der Waals surface area contributed by atoms with Gasteiger partial charge in [0.15, 0.2) is 0 Å². The van der Waals surface area contributed by atoms with E-state index >= 15 is 0 Å². The highest BCUT2D eigenvalue weighted by molar-refractivity contribution is 5.52. The molecule has 0 bridgehead atoms. The van der Waals surface area contributed by atoms with E-state index in [0.717, 1.165) is 39.0 Å². The molecule has 5 heteroatoms. The molecule has 2 fully saturated rings. The van der Waals surface area contributed by atoms with Gasteiger partial charge in [-0.3, -0.25) is 0 Å². The molecule has 2 heterocycles. The molecule has 2 saturated heterocycles. The number of piperidine rings is 1. The zero-order valence-corrected chi connectivity index (χ0v) is 15.7. The van der Waals surface area contributed by atoms with Crippen molar-refractivity contribution in [3.05, 3.63) is 29.3 Å². The summed E-state index contributed by atoms with van der Waals surface area (Å²) in [5.41, 5.74) is 4.51. The lowest BCUT2D eigenvalue weighted by molar-refractivity contribution is -0.0662. The zero-order valence-electron chi connectivity index (χ0n) is 15.7. The largest absolute Gasteiger partial charge is 0.394 e. The first-order chi connectivity index (χ1) is 12.8. The molecule has 1 aromatic carbocycles. The second kappa shape index (κ2) is 8.70. The number of rotatable bonds is 6. The fourth-order valence-corrected chi connectivity index (χ4v) is 4.64. The average Bonchev–Trinajstić information content (AvgIpc) is 3.16. The number of fused-ring (bicyclic) bond motifs is 1. The minimum atomic E-state index is 0.0866. The van der Waals surface area contributed by atoms with E-state index in [9.17, 15) is 0 Å². The first-order valence-corrected chi connectivity index (χ1v) is 10.3. The molecule has 2 atom stereocenters. The normalized spacial score (nSPS) is 26.9. The van der Waals surface area contributed by atoms with Gasteiger partial charge < -0.3 is 24.8 Å². The third-order valence-electron chi connectivity index (χ3n) is 6.11. The first kappa shape index (κ1) is 18.2. The van der Waals surface area contributed by atoms with Crippen molar-refractivity contribution >= 4 is 5.69 Å². The van der Waals surface area contributed by atoms with Crippen molar-refractivity contribution in [3.8, 4) is 0 Å².